The molecule has 0 unspecified atom stereocenters. The van der Waals surface area contributed by atoms with Crippen molar-refractivity contribution < 1.29 is 19.0 Å². The van der Waals surface area contributed by atoms with Crippen molar-refractivity contribution in [3.8, 4) is 17.2 Å². The van der Waals surface area contributed by atoms with Crippen molar-refractivity contribution >= 4 is 45.0 Å². The van der Waals surface area contributed by atoms with E-state index in [1.165, 1.54) is 11.3 Å². The lowest BCUT2D eigenvalue weighted by Crippen LogP contribution is -2.41. The molecule has 0 aliphatic carbocycles. The van der Waals surface area contributed by atoms with Gasteiger partial charge >= 0.3 is 0 Å². The van der Waals surface area contributed by atoms with E-state index in [0.717, 1.165) is 41.3 Å². The third-order valence-corrected chi connectivity index (χ3v) is 6.28. The highest BCUT2D eigenvalue weighted by Gasteiger charge is 2.22. The Hall–Kier alpha value is -2.55. The summed E-state index contributed by atoms with van der Waals surface area (Å²) in [5.74, 6) is 2.00. The molecule has 0 aliphatic rings. The lowest BCUT2D eigenvalue weighted by molar-refractivity contribution is -0.120. The quantitative estimate of drug-likeness (QED) is 0.314. The fourth-order valence-electron chi connectivity index (χ4n) is 3.43. The molecule has 9 heteroatoms. The highest BCUT2D eigenvalue weighted by atomic mass is 35.5. The van der Waals surface area contributed by atoms with Crippen molar-refractivity contribution in [1.82, 2.24) is 9.88 Å². The third-order valence-electron chi connectivity index (χ3n) is 5.23. The minimum absolute atomic E-state index is 0. The fraction of sp³-hybridized carbons (Fsp3) is 0.440. The van der Waals surface area contributed by atoms with Gasteiger partial charge in [0.25, 0.3) is 5.91 Å². The summed E-state index contributed by atoms with van der Waals surface area (Å²) < 4.78 is 18.0. The minimum atomic E-state index is -0.131. The van der Waals surface area contributed by atoms with Gasteiger partial charge in [0.05, 0.1) is 17.9 Å². The summed E-state index contributed by atoms with van der Waals surface area (Å²) in [4.78, 5) is 22.0. The molecule has 0 aliphatic heterocycles. The average molecular weight is 508 g/mol. The zero-order valence-electron chi connectivity index (χ0n) is 20.3. The van der Waals surface area contributed by atoms with Crippen LogP contribution in [0.15, 0.2) is 42.5 Å². The second-order valence-corrected chi connectivity index (χ2v) is 8.31. The first-order valence-electron chi connectivity index (χ1n) is 11.5. The van der Waals surface area contributed by atoms with Gasteiger partial charge in [-0.05, 0) is 63.3 Å². The molecule has 0 saturated carbocycles. The number of hydrogen-bond donors (Lipinski definition) is 0. The fourth-order valence-corrected chi connectivity index (χ4v) is 4.46. The van der Waals surface area contributed by atoms with E-state index in [4.69, 9.17) is 19.2 Å². The van der Waals surface area contributed by atoms with Crippen molar-refractivity contribution in [2.24, 2.45) is 0 Å². The van der Waals surface area contributed by atoms with Crippen LogP contribution in [-0.2, 0) is 4.79 Å². The topological polar surface area (TPSA) is 64.1 Å². The van der Waals surface area contributed by atoms with Crippen LogP contribution in [0.4, 0.5) is 5.13 Å². The Morgan fingerprint density at radius 2 is 1.53 bits per heavy atom. The summed E-state index contributed by atoms with van der Waals surface area (Å²) in [5.41, 5.74) is 0.785. The Morgan fingerprint density at radius 1 is 0.882 bits per heavy atom. The molecule has 34 heavy (non-hydrogen) atoms. The van der Waals surface area contributed by atoms with E-state index in [1.807, 2.05) is 56.3 Å². The second kappa shape index (κ2) is 14.0. The first-order chi connectivity index (χ1) is 16.1. The van der Waals surface area contributed by atoms with Gasteiger partial charge in [0, 0.05) is 13.1 Å². The van der Waals surface area contributed by atoms with Gasteiger partial charge in [0.15, 0.2) is 11.7 Å². The molecule has 0 spiro atoms. The zero-order chi connectivity index (χ0) is 23.6. The Labute approximate surface area is 212 Å². The molecule has 3 rings (SSSR count). The molecule has 0 atom stereocenters. The highest BCUT2D eigenvalue weighted by molar-refractivity contribution is 7.22. The number of carbonyl (C=O) groups is 1. The highest BCUT2D eigenvalue weighted by Crippen LogP contribution is 2.34. The van der Waals surface area contributed by atoms with Crippen LogP contribution in [0.1, 0.15) is 27.7 Å². The number of halogens is 1. The Bertz CT molecular complexity index is 1020. The van der Waals surface area contributed by atoms with Crippen LogP contribution < -0.4 is 19.1 Å². The molecule has 0 bridgehead atoms. The van der Waals surface area contributed by atoms with Crippen LogP contribution in [0.3, 0.4) is 0 Å². The van der Waals surface area contributed by atoms with Crippen molar-refractivity contribution in [3.63, 3.8) is 0 Å². The number of benzene rings is 2. The number of ether oxygens (including phenoxy) is 3. The van der Waals surface area contributed by atoms with Crippen molar-refractivity contribution in [3.05, 3.63) is 42.5 Å². The number of likely N-dealkylation sites (N-methyl/N-ethyl adjacent to an activating group) is 1. The number of hydrogen-bond acceptors (Lipinski definition) is 7. The van der Waals surface area contributed by atoms with Crippen LogP contribution in [0, 0.1) is 0 Å². The number of carbonyl (C=O) groups excluding carboxylic acids is 1. The van der Waals surface area contributed by atoms with Crippen LogP contribution >= 0.6 is 23.7 Å². The standard InChI is InChI=1S/C25H33N3O4S.ClH/c1-5-27(6-2)16-17-28(23(29)18-32-20-14-12-19(13-15-20)30-7-3)25-26-24-21(31-8-4)10-9-11-22(24)33-25;/h9-15H,5-8,16-18H2,1-4H3;1H. The normalized spacial score (nSPS) is 10.7. The van der Waals surface area contributed by atoms with Crippen molar-refractivity contribution in [2.75, 3.05) is 50.9 Å². The number of aromatic nitrogens is 1. The minimum Gasteiger partial charge on any atom is -0.494 e. The molecule has 1 amide bonds. The zero-order valence-corrected chi connectivity index (χ0v) is 21.9. The lowest BCUT2D eigenvalue weighted by Gasteiger charge is -2.24. The predicted molar refractivity (Wildman–Crippen MR) is 141 cm³/mol. The van der Waals surface area contributed by atoms with E-state index in [1.54, 1.807) is 4.90 Å². The van der Waals surface area contributed by atoms with Gasteiger partial charge in [-0.3, -0.25) is 9.69 Å². The van der Waals surface area contributed by atoms with Crippen molar-refractivity contribution in [2.45, 2.75) is 27.7 Å². The van der Waals surface area contributed by atoms with Gasteiger partial charge in [-0.25, -0.2) is 4.98 Å². The van der Waals surface area contributed by atoms with Gasteiger partial charge in [-0.2, -0.15) is 0 Å². The Balaban J connectivity index is 0.00000408. The Kier molecular flexibility index (Phi) is 11.4. The van der Waals surface area contributed by atoms with Gasteiger partial charge in [0.1, 0.15) is 22.8 Å². The van der Waals surface area contributed by atoms with Gasteiger partial charge in [-0.1, -0.05) is 31.3 Å². The number of amides is 1. The lowest BCUT2D eigenvalue weighted by atomic mass is 10.3. The van der Waals surface area contributed by atoms with Gasteiger partial charge in [-0.15, -0.1) is 12.4 Å². The molecule has 186 valence electrons. The van der Waals surface area contributed by atoms with Crippen LogP contribution in [0.2, 0.25) is 0 Å². The smallest absolute Gasteiger partial charge is 0.266 e. The molecule has 3 aromatic rings. The summed E-state index contributed by atoms with van der Waals surface area (Å²) in [6.45, 7) is 12.4. The maximum Gasteiger partial charge on any atom is 0.266 e. The van der Waals surface area contributed by atoms with Crippen LogP contribution in [0.25, 0.3) is 10.2 Å². The number of para-hydroxylation sites is 1. The van der Waals surface area contributed by atoms with Crippen molar-refractivity contribution in [1.29, 1.82) is 0 Å². The summed E-state index contributed by atoms with van der Waals surface area (Å²) in [5, 5.41) is 0.657. The molecule has 7 nitrogen and oxygen atoms in total. The molecule has 0 N–H and O–H groups in total. The van der Waals surface area contributed by atoms with E-state index in [9.17, 15) is 4.79 Å². The summed E-state index contributed by atoms with van der Waals surface area (Å²) in [6.07, 6.45) is 0. The van der Waals surface area contributed by atoms with E-state index in [0.29, 0.717) is 30.6 Å². The number of rotatable bonds is 13. The first kappa shape index (κ1) is 27.7. The number of anilines is 1. The molecule has 1 heterocycles. The van der Waals surface area contributed by atoms with Gasteiger partial charge < -0.3 is 19.1 Å². The molecular formula is C25H34ClN3O4S. The molecule has 0 fully saturated rings. The summed E-state index contributed by atoms with van der Waals surface area (Å²) in [6, 6.07) is 13.2. The number of thiazole rings is 1. The summed E-state index contributed by atoms with van der Waals surface area (Å²) in [7, 11) is 0. The molecular weight excluding hydrogens is 474 g/mol. The predicted octanol–water partition coefficient (Wildman–Crippen LogP) is 5.27. The second-order valence-electron chi connectivity index (χ2n) is 7.30. The SMILES string of the molecule is CCOc1ccc(OCC(=O)N(CCN(CC)CC)c2nc3c(OCC)cccc3s2)cc1.Cl. The van der Waals surface area contributed by atoms with Gasteiger partial charge in [0.2, 0.25) is 0 Å². The van der Waals surface area contributed by atoms with E-state index in [2.05, 4.69) is 18.7 Å². The number of nitrogens with zero attached hydrogens (tertiary/aromatic N) is 3. The maximum atomic E-state index is 13.3. The third kappa shape index (κ3) is 7.22. The first-order valence-corrected chi connectivity index (χ1v) is 12.3. The van der Waals surface area contributed by atoms with E-state index >= 15 is 0 Å². The Morgan fingerprint density at radius 3 is 2.15 bits per heavy atom. The maximum absolute atomic E-state index is 13.3. The van der Waals surface area contributed by atoms with E-state index < -0.39 is 0 Å². The molecule has 0 radical (unpaired) electrons. The van der Waals surface area contributed by atoms with Crippen LogP contribution in [0.5, 0.6) is 17.2 Å². The summed E-state index contributed by atoms with van der Waals surface area (Å²) >= 11 is 1.49. The average Bonchev–Trinajstić information content (AvgIpc) is 3.26. The molecule has 0 saturated heterocycles. The van der Waals surface area contributed by atoms with Crippen LogP contribution in [-0.4, -0.2) is 61.8 Å². The molecule has 2 aromatic carbocycles. The molecule has 1 aromatic heterocycles. The van der Waals surface area contributed by atoms with E-state index in [-0.39, 0.29) is 24.9 Å². The largest absolute Gasteiger partial charge is 0.494 e. The monoisotopic (exact) mass is 507 g/mol. The number of fused-ring (bicyclic) bond motifs is 1.